The first-order chi connectivity index (χ1) is 10.7. The van der Waals surface area contributed by atoms with Crippen LogP contribution in [0, 0.1) is 0 Å². The molecule has 0 amide bonds. The number of aliphatic hydroxyl groups is 1. The van der Waals surface area contributed by atoms with Crippen molar-refractivity contribution in [2.75, 3.05) is 36.3 Å². The molecule has 0 aromatic carbocycles. The van der Waals surface area contributed by atoms with Gasteiger partial charge in [-0.05, 0) is 5.53 Å². The van der Waals surface area contributed by atoms with E-state index in [1.54, 1.807) is 0 Å². The molecule has 2 aliphatic rings. The van der Waals surface area contributed by atoms with E-state index in [0.717, 1.165) is 0 Å². The van der Waals surface area contributed by atoms with Crippen molar-refractivity contribution in [2.45, 2.75) is 24.8 Å². The molecule has 22 heavy (non-hydrogen) atoms. The van der Waals surface area contributed by atoms with Crippen molar-refractivity contribution in [1.29, 1.82) is 0 Å². The fourth-order valence-corrected chi connectivity index (χ4v) is 2.69. The highest BCUT2D eigenvalue weighted by Crippen LogP contribution is 2.40. The summed E-state index contributed by atoms with van der Waals surface area (Å²) in [6.45, 7) is 0.208. The molecule has 3 rings (SSSR count). The highest BCUT2D eigenvalue weighted by Gasteiger charge is 2.41. The van der Waals surface area contributed by atoms with Crippen LogP contribution in [-0.2, 0) is 4.74 Å². The number of aliphatic hydroxyl groups excluding tert-OH is 1. The molecule has 0 saturated carbocycles. The van der Waals surface area contributed by atoms with Gasteiger partial charge in [0.1, 0.15) is 11.9 Å². The molecule has 1 aromatic rings. The lowest BCUT2D eigenvalue weighted by atomic mass is 10.1. The standard InChI is InChI=1S/C11H16N8O3/c1-21-10-8-9(15-11(12)16-10)19(4-14-8)7-2-5(17-18-13)6(3-20)22-7/h5-7,14,20H,2-4H2,1H3,(H2,12,15,16). The summed E-state index contributed by atoms with van der Waals surface area (Å²) in [4.78, 5) is 12.9. The van der Waals surface area contributed by atoms with Crippen LogP contribution in [0.5, 0.6) is 5.88 Å². The number of nitrogens with two attached hydrogens (primary N) is 1. The first kappa shape index (κ1) is 14.4. The molecule has 4 N–H and O–H groups in total. The molecule has 0 aliphatic carbocycles. The highest BCUT2D eigenvalue weighted by molar-refractivity contribution is 5.76. The second-order valence-corrected chi connectivity index (χ2v) is 4.91. The summed E-state index contributed by atoms with van der Waals surface area (Å²) in [6.07, 6.45) is -0.478. The lowest BCUT2D eigenvalue weighted by molar-refractivity contribution is 0.00773. The van der Waals surface area contributed by atoms with Crippen molar-refractivity contribution in [3.63, 3.8) is 0 Å². The van der Waals surface area contributed by atoms with Gasteiger partial charge in [-0.3, -0.25) is 0 Å². The van der Waals surface area contributed by atoms with Gasteiger partial charge in [0, 0.05) is 11.3 Å². The Morgan fingerprint density at radius 2 is 2.45 bits per heavy atom. The summed E-state index contributed by atoms with van der Waals surface area (Å²) < 4.78 is 10.9. The summed E-state index contributed by atoms with van der Waals surface area (Å²) in [5, 5.41) is 16.1. The van der Waals surface area contributed by atoms with E-state index in [1.165, 1.54) is 7.11 Å². The van der Waals surface area contributed by atoms with Crippen molar-refractivity contribution in [3.8, 4) is 5.88 Å². The van der Waals surface area contributed by atoms with Crippen LogP contribution in [0.1, 0.15) is 6.42 Å². The summed E-state index contributed by atoms with van der Waals surface area (Å²) in [7, 11) is 1.50. The van der Waals surface area contributed by atoms with E-state index in [-0.39, 0.29) is 18.8 Å². The number of hydrogen-bond acceptors (Lipinski definition) is 9. The average molecular weight is 308 g/mol. The molecular weight excluding hydrogens is 292 g/mol. The quantitative estimate of drug-likeness (QED) is 0.400. The van der Waals surface area contributed by atoms with Gasteiger partial charge in [-0.2, -0.15) is 9.97 Å². The van der Waals surface area contributed by atoms with Crippen molar-refractivity contribution in [1.82, 2.24) is 9.97 Å². The molecule has 11 nitrogen and oxygen atoms in total. The van der Waals surface area contributed by atoms with Gasteiger partial charge < -0.3 is 30.5 Å². The van der Waals surface area contributed by atoms with E-state index in [9.17, 15) is 5.11 Å². The fraction of sp³-hybridized carbons (Fsp3) is 0.636. The molecule has 0 radical (unpaired) electrons. The molecule has 11 heteroatoms. The van der Waals surface area contributed by atoms with Crippen molar-refractivity contribution >= 4 is 17.5 Å². The monoisotopic (exact) mass is 308 g/mol. The second-order valence-electron chi connectivity index (χ2n) is 4.91. The van der Waals surface area contributed by atoms with Gasteiger partial charge in [0.05, 0.1) is 32.5 Å². The van der Waals surface area contributed by atoms with Crippen LogP contribution in [0.25, 0.3) is 10.4 Å². The Bertz CT molecular complexity index is 620. The SMILES string of the molecule is COc1nc(N)nc2c1NCN2C1CC(N=[N+]=[N-])C(CO)O1. The maximum atomic E-state index is 9.34. The van der Waals surface area contributed by atoms with Gasteiger partial charge in [0.25, 0.3) is 0 Å². The number of hydrogen-bond donors (Lipinski definition) is 3. The third kappa shape index (κ3) is 2.30. The normalized spacial score (nSPS) is 26.3. The number of anilines is 3. The Kier molecular flexibility index (Phi) is 3.75. The molecule has 1 aromatic heterocycles. The van der Waals surface area contributed by atoms with Crippen LogP contribution in [0.3, 0.4) is 0 Å². The lowest BCUT2D eigenvalue weighted by Crippen LogP contribution is -2.36. The maximum Gasteiger partial charge on any atom is 0.244 e. The molecule has 3 atom stereocenters. The van der Waals surface area contributed by atoms with Crippen molar-refractivity contribution in [3.05, 3.63) is 10.4 Å². The maximum absolute atomic E-state index is 9.34. The van der Waals surface area contributed by atoms with Crippen LogP contribution in [-0.4, -0.2) is 53.8 Å². The minimum absolute atomic E-state index is 0.0904. The van der Waals surface area contributed by atoms with E-state index >= 15 is 0 Å². The largest absolute Gasteiger partial charge is 0.479 e. The van der Waals surface area contributed by atoms with Gasteiger partial charge >= 0.3 is 0 Å². The third-order valence-electron chi connectivity index (χ3n) is 3.70. The molecule has 0 spiro atoms. The van der Waals surface area contributed by atoms with Crippen LogP contribution >= 0.6 is 0 Å². The van der Waals surface area contributed by atoms with Gasteiger partial charge in [-0.25, -0.2) is 0 Å². The summed E-state index contributed by atoms with van der Waals surface area (Å²) in [5.41, 5.74) is 14.9. The number of rotatable bonds is 4. The number of azide groups is 1. The highest BCUT2D eigenvalue weighted by atomic mass is 16.5. The molecule has 3 unspecified atom stereocenters. The Balaban J connectivity index is 1.88. The van der Waals surface area contributed by atoms with Crippen LogP contribution in [0.2, 0.25) is 0 Å². The molecule has 118 valence electrons. The first-order valence-electron chi connectivity index (χ1n) is 6.70. The minimum Gasteiger partial charge on any atom is -0.479 e. The summed E-state index contributed by atoms with van der Waals surface area (Å²) >= 11 is 0. The second kappa shape index (κ2) is 5.72. The zero-order valence-corrected chi connectivity index (χ0v) is 11.9. The summed E-state index contributed by atoms with van der Waals surface area (Å²) in [6, 6.07) is -0.426. The zero-order chi connectivity index (χ0) is 15.7. The third-order valence-corrected chi connectivity index (χ3v) is 3.70. The summed E-state index contributed by atoms with van der Waals surface area (Å²) in [5.74, 6) is 1.01. The Labute approximate surface area is 125 Å². The van der Waals surface area contributed by atoms with Gasteiger partial charge in [0.15, 0.2) is 5.82 Å². The van der Waals surface area contributed by atoms with E-state index in [1.807, 2.05) is 4.90 Å². The Morgan fingerprint density at radius 3 is 3.14 bits per heavy atom. The molecule has 1 saturated heterocycles. The van der Waals surface area contributed by atoms with E-state index in [2.05, 4.69) is 25.3 Å². The number of ether oxygens (including phenoxy) is 2. The van der Waals surface area contributed by atoms with Gasteiger partial charge in [0.2, 0.25) is 11.8 Å². The molecule has 3 heterocycles. The van der Waals surface area contributed by atoms with Crippen LogP contribution in [0.15, 0.2) is 5.11 Å². The number of methoxy groups -OCH3 is 1. The number of nitrogen functional groups attached to an aromatic ring is 1. The molecule has 0 bridgehead atoms. The van der Waals surface area contributed by atoms with E-state index in [4.69, 9.17) is 20.7 Å². The number of fused-ring (bicyclic) bond motifs is 1. The van der Waals surface area contributed by atoms with Crippen molar-refractivity contribution < 1.29 is 14.6 Å². The Morgan fingerprint density at radius 1 is 1.64 bits per heavy atom. The predicted octanol–water partition coefficient (Wildman–Crippen LogP) is 0.0430. The van der Waals surface area contributed by atoms with Gasteiger partial charge in [-0.1, -0.05) is 5.11 Å². The topological polar surface area (TPSA) is 155 Å². The number of aromatic nitrogens is 2. The molecular formula is C11H16N8O3. The fourth-order valence-electron chi connectivity index (χ4n) is 2.69. The predicted molar refractivity (Wildman–Crippen MR) is 77.3 cm³/mol. The lowest BCUT2D eigenvalue weighted by Gasteiger charge is -2.24. The van der Waals surface area contributed by atoms with E-state index in [0.29, 0.717) is 30.5 Å². The molecule has 1 fully saturated rings. The average Bonchev–Trinajstić information content (AvgIpc) is 3.10. The minimum atomic E-state index is -0.536. The van der Waals surface area contributed by atoms with Gasteiger partial charge in [-0.15, -0.1) is 0 Å². The first-order valence-corrected chi connectivity index (χ1v) is 6.70. The zero-order valence-electron chi connectivity index (χ0n) is 11.9. The van der Waals surface area contributed by atoms with E-state index < -0.39 is 12.1 Å². The van der Waals surface area contributed by atoms with Crippen LogP contribution < -0.4 is 20.7 Å². The smallest absolute Gasteiger partial charge is 0.244 e. The van der Waals surface area contributed by atoms with Crippen molar-refractivity contribution in [2.24, 2.45) is 5.11 Å². The Hall–Kier alpha value is -2.49. The number of nitrogens with one attached hydrogen (secondary N) is 1. The van der Waals surface area contributed by atoms with Crippen LogP contribution in [0.4, 0.5) is 17.5 Å². The number of nitrogens with zero attached hydrogens (tertiary/aromatic N) is 6. The molecule has 2 aliphatic heterocycles.